The summed E-state index contributed by atoms with van der Waals surface area (Å²) < 4.78 is 24.8. The third-order valence-corrected chi connectivity index (χ3v) is 7.47. The molecule has 6 rings (SSSR count). The number of ether oxygens (including phenoxy) is 1. The van der Waals surface area contributed by atoms with Crippen LogP contribution in [0.15, 0.2) is 29.3 Å². The van der Waals surface area contributed by atoms with Gasteiger partial charge in [0.1, 0.15) is 17.3 Å². The minimum absolute atomic E-state index is 0.0208. The molecule has 1 fully saturated rings. The van der Waals surface area contributed by atoms with Gasteiger partial charge in [-0.05, 0) is 31.7 Å². The van der Waals surface area contributed by atoms with Gasteiger partial charge in [0, 0.05) is 44.9 Å². The molecular formula is C27H30FN9O3. The van der Waals surface area contributed by atoms with Gasteiger partial charge in [-0.2, -0.15) is 9.67 Å². The smallest absolute Gasteiger partial charge is 0.356 e. The standard InChI is InChI=1S/C27H30FN9O3/c1-15(2)22-23-21(7-8-29-22)40-11-5-6-18-13-30-33-37(18)26-20(28)12-19-24(32-27(39)36(23)25(19)31-26)35-10-9-34(17(4)38)14-16(35)3/h7-8,12-13,15-16H,5-6,9-11,14H2,1-4H3/t16-/m0/s1. The lowest BCUT2D eigenvalue weighted by Crippen LogP contribution is -2.54. The van der Waals surface area contributed by atoms with Gasteiger partial charge in [0.05, 0.1) is 29.6 Å². The predicted octanol–water partition coefficient (Wildman–Crippen LogP) is 2.40. The summed E-state index contributed by atoms with van der Waals surface area (Å²) >= 11 is 0. The Morgan fingerprint density at radius 2 is 2.02 bits per heavy atom. The normalized spacial score (nSPS) is 17.3. The molecule has 4 aromatic heterocycles. The first-order valence-corrected chi connectivity index (χ1v) is 13.4. The van der Waals surface area contributed by atoms with E-state index in [0.717, 1.165) is 0 Å². The van der Waals surface area contributed by atoms with Crippen LogP contribution in [0.2, 0.25) is 0 Å². The number of fused-ring (bicyclic) bond motifs is 5. The van der Waals surface area contributed by atoms with Crippen molar-refractivity contribution >= 4 is 22.8 Å². The maximum absolute atomic E-state index is 15.9. The molecule has 0 unspecified atom stereocenters. The summed E-state index contributed by atoms with van der Waals surface area (Å²) in [6, 6.07) is 2.91. The molecule has 0 saturated carbocycles. The number of pyridine rings is 2. The zero-order chi connectivity index (χ0) is 28.1. The van der Waals surface area contributed by atoms with Crippen molar-refractivity contribution in [3.63, 3.8) is 0 Å². The van der Waals surface area contributed by atoms with Crippen molar-refractivity contribution in [1.82, 2.24) is 39.4 Å². The Labute approximate surface area is 229 Å². The van der Waals surface area contributed by atoms with Crippen LogP contribution in [0, 0.1) is 5.82 Å². The summed E-state index contributed by atoms with van der Waals surface area (Å²) in [5.41, 5.74) is 1.35. The first kappa shape index (κ1) is 25.8. The quantitative estimate of drug-likeness (QED) is 0.372. The van der Waals surface area contributed by atoms with Crippen molar-refractivity contribution in [2.24, 2.45) is 0 Å². The van der Waals surface area contributed by atoms with E-state index in [1.807, 2.05) is 25.7 Å². The molecule has 12 nitrogen and oxygen atoms in total. The predicted molar refractivity (Wildman–Crippen MR) is 145 cm³/mol. The van der Waals surface area contributed by atoms with Crippen LogP contribution in [0.3, 0.4) is 0 Å². The molecule has 6 heterocycles. The lowest BCUT2D eigenvalue weighted by Gasteiger charge is -2.40. The Bertz CT molecular complexity index is 1680. The average molecular weight is 548 g/mol. The number of nitrogens with zero attached hydrogens (tertiary/aromatic N) is 9. The fraction of sp³-hybridized carbons (Fsp3) is 0.444. The number of piperazine rings is 1. The monoisotopic (exact) mass is 547 g/mol. The Morgan fingerprint density at radius 3 is 2.77 bits per heavy atom. The lowest BCUT2D eigenvalue weighted by molar-refractivity contribution is -0.129. The molecule has 2 bridgehead atoms. The van der Waals surface area contributed by atoms with Crippen LogP contribution < -0.4 is 15.3 Å². The molecule has 13 heteroatoms. The fourth-order valence-corrected chi connectivity index (χ4v) is 5.48. The summed E-state index contributed by atoms with van der Waals surface area (Å²) in [4.78, 5) is 43.5. The van der Waals surface area contributed by atoms with Crippen molar-refractivity contribution in [2.75, 3.05) is 31.1 Å². The first-order valence-electron chi connectivity index (χ1n) is 13.4. The molecule has 0 N–H and O–H groups in total. The van der Waals surface area contributed by atoms with Gasteiger partial charge in [-0.3, -0.25) is 9.78 Å². The van der Waals surface area contributed by atoms with E-state index in [-0.39, 0.29) is 29.3 Å². The molecule has 1 atom stereocenters. The molecule has 0 aromatic carbocycles. The second-order valence-corrected chi connectivity index (χ2v) is 10.5. The highest BCUT2D eigenvalue weighted by atomic mass is 19.1. The molecule has 4 aromatic rings. The second kappa shape index (κ2) is 9.96. The number of halogens is 1. The van der Waals surface area contributed by atoms with Crippen LogP contribution in [-0.2, 0) is 11.2 Å². The Morgan fingerprint density at radius 1 is 1.20 bits per heavy atom. The molecular weight excluding hydrogens is 517 g/mol. The van der Waals surface area contributed by atoms with Gasteiger partial charge in [0.2, 0.25) is 5.91 Å². The maximum Gasteiger partial charge on any atom is 0.356 e. The number of rotatable bonds is 2. The van der Waals surface area contributed by atoms with Crippen molar-refractivity contribution in [2.45, 2.75) is 52.5 Å². The highest BCUT2D eigenvalue weighted by Gasteiger charge is 2.31. The first-order chi connectivity index (χ1) is 19.2. The fourth-order valence-electron chi connectivity index (χ4n) is 5.48. The highest BCUT2D eigenvalue weighted by Crippen LogP contribution is 2.35. The number of aryl methyl sites for hydroxylation is 1. The molecule has 208 valence electrons. The highest BCUT2D eigenvalue weighted by molar-refractivity contribution is 5.89. The minimum atomic E-state index is -0.619. The number of hydrogen-bond acceptors (Lipinski definition) is 9. The number of aromatic nitrogens is 7. The largest absolute Gasteiger partial charge is 0.491 e. The summed E-state index contributed by atoms with van der Waals surface area (Å²) in [6.45, 7) is 9.13. The number of carbonyl (C=O) groups excluding carboxylic acids is 1. The van der Waals surface area contributed by atoms with Crippen molar-refractivity contribution in [3.05, 3.63) is 52.2 Å². The number of anilines is 1. The topological polar surface area (TPSA) is 124 Å². The Kier molecular flexibility index (Phi) is 6.43. The van der Waals surface area contributed by atoms with Gasteiger partial charge in [0.25, 0.3) is 0 Å². The lowest BCUT2D eigenvalue weighted by atomic mass is 10.1. The van der Waals surface area contributed by atoms with Gasteiger partial charge in [0.15, 0.2) is 17.3 Å². The number of hydrogen-bond donors (Lipinski definition) is 0. The molecule has 2 aliphatic rings. The van der Waals surface area contributed by atoms with Crippen molar-refractivity contribution in [1.29, 1.82) is 0 Å². The van der Waals surface area contributed by atoms with Crippen molar-refractivity contribution < 1.29 is 13.9 Å². The van der Waals surface area contributed by atoms with E-state index in [0.29, 0.717) is 73.1 Å². The average Bonchev–Trinajstić information content (AvgIpc) is 3.38. The third-order valence-electron chi connectivity index (χ3n) is 7.47. The van der Waals surface area contributed by atoms with Crippen LogP contribution >= 0.6 is 0 Å². The van der Waals surface area contributed by atoms with E-state index in [1.165, 1.54) is 22.2 Å². The SMILES string of the molecule is CC(=O)N1CCN(c2nc(=O)n3c4nc(c(F)cc24)-n2nncc2CCCOc2ccnc(C(C)C)c2-3)[C@@H](C)C1. The summed E-state index contributed by atoms with van der Waals surface area (Å²) in [6.07, 6.45) is 4.38. The van der Waals surface area contributed by atoms with Crippen molar-refractivity contribution in [3.8, 4) is 17.3 Å². The summed E-state index contributed by atoms with van der Waals surface area (Å²) in [5, 5.41) is 8.44. The molecule has 40 heavy (non-hydrogen) atoms. The van der Waals surface area contributed by atoms with Gasteiger partial charge >= 0.3 is 5.69 Å². The molecule has 1 saturated heterocycles. The zero-order valence-corrected chi connectivity index (χ0v) is 22.8. The van der Waals surface area contributed by atoms with Crippen LogP contribution in [-0.4, -0.2) is 77.6 Å². The van der Waals surface area contributed by atoms with Gasteiger partial charge < -0.3 is 14.5 Å². The third kappa shape index (κ3) is 4.25. The second-order valence-electron chi connectivity index (χ2n) is 10.5. The van der Waals surface area contributed by atoms with Crippen LogP contribution in [0.5, 0.6) is 5.75 Å². The van der Waals surface area contributed by atoms with E-state index in [2.05, 4.69) is 20.3 Å². The molecule has 2 aliphatic heterocycles. The Hall–Kier alpha value is -4.42. The van der Waals surface area contributed by atoms with Crippen LogP contribution in [0.25, 0.3) is 22.5 Å². The van der Waals surface area contributed by atoms with E-state index >= 15 is 4.39 Å². The van der Waals surface area contributed by atoms with Gasteiger partial charge in [-0.15, -0.1) is 5.10 Å². The Balaban J connectivity index is 1.68. The molecule has 0 aliphatic carbocycles. The number of amides is 1. The van der Waals surface area contributed by atoms with E-state index in [4.69, 9.17) is 9.72 Å². The zero-order valence-electron chi connectivity index (χ0n) is 22.8. The van der Waals surface area contributed by atoms with Crippen LogP contribution in [0.4, 0.5) is 10.2 Å². The molecule has 1 amide bonds. The summed E-state index contributed by atoms with van der Waals surface area (Å²) in [5.74, 6) is 0.0272. The summed E-state index contributed by atoms with van der Waals surface area (Å²) in [7, 11) is 0. The molecule has 0 spiro atoms. The van der Waals surface area contributed by atoms with Gasteiger partial charge in [-0.25, -0.2) is 18.7 Å². The number of carbonyl (C=O) groups is 1. The van der Waals surface area contributed by atoms with Crippen LogP contribution in [0.1, 0.15) is 51.4 Å². The van der Waals surface area contributed by atoms with E-state index in [1.54, 1.807) is 23.4 Å². The minimum Gasteiger partial charge on any atom is -0.491 e. The van der Waals surface area contributed by atoms with Gasteiger partial charge in [-0.1, -0.05) is 19.1 Å². The van der Waals surface area contributed by atoms with E-state index < -0.39 is 11.5 Å². The molecule has 0 radical (unpaired) electrons. The van der Waals surface area contributed by atoms with E-state index in [9.17, 15) is 9.59 Å². The maximum atomic E-state index is 15.9.